The summed E-state index contributed by atoms with van der Waals surface area (Å²) in [6.07, 6.45) is 3.42. The minimum Gasteiger partial charge on any atom is -0.319 e. The molecule has 152 valence electrons. The molecule has 1 aliphatic heterocycles. The van der Waals surface area contributed by atoms with Gasteiger partial charge in [0.1, 0.15) is 5.82 Å². The molecule has 1 fully saturated rings. The van der Waals surface area contributed by atoms with E-state index in [1.807, 2.05) is 35.0 Å². The van der Waals surface area contributed by atoms with Gasteiger partial charge in [-0.25, -0.2) is 9.07 Å². The highest BCUT2D eigenvalue weighted by Gasteiger charge is 2.27. The molecule has 8 heteroatoms. The van der Waals surface area contributed by atoms with Crippen molar-refractivity contribution in [1.29, 1.82) is 0 Å². The molecule has 0 unspecified atom stereocenters. The monoisotopic (exact) mass is 478 g/mol. The van der Waals surface area contributed by atoms with Crippen LogP contribution >= 0.6 is 28.3 Å². The van der Waals surface area contributed by atoms with Crippen LogP contribution in [0.25, 0.3) is 5.69 Å². The molecule has 2 heterocycles. The minimum atomic E-state index is -0.485. The number of nitrogens with one attached hydrogen (secondary N) is 2. The average Bonchev–Trinajstić information content (AvgIpc) is 3.17. The van der Waals surface area contributed by atoms with E-state index in [9.17, 15) is 9.18 Å². The number of hydrogen-bond acceptors (Lipinski definition) is 3. The van der Waals surface area contributed by atoms with Gasteiger partial charge in [-0.3, -0.25) is 4.79 Å². The number of carbonyl (C=O) groups excluding carboxylic acids is 1. The Morgan fingerprint density at radius 3 is 2.59 bits per heavy atom. The molecular weight excluding hydrogens is 459 g/mol. The van der Waals surface area contributed by atoms with Crippen molar-refractivity contribution in [2.24, 2.45) is 0 Å². The maximum atomic E-state index is 14.2. The molecule has 1 aromatic heterocycles. The molecule has 0 spiro atoms. The molecule has 2 N–H and O–H groups in total. The van der Waals surface area contributed by atoms with Crippen molar-refractivity contribution in [1.82, 2.24) is 15.1 Å². The van der Waals surface area contributed by atoms with Crippen molar-refractivity contribution >= 4 is 39.9 Å². The second kappa shape index (κ2) is 9.52. The number of piperidine rings is 1. The van der Waals surface area contributed by atoms with Crippen LogP contribution in [0.15, 0.2) is 59.2 Å². The highest BCUT2D eigenvalue weighted by molar-refractivity contribution is 9.10. The number of hydrogen-bond donors (Lipinski definition) is 2. The quantitative estimate of drug-likeness (QED) is 0.559. The summed E-state index contributed by atoms with van der Waals surface area (Å²) in [5.41, 5.74) is 2.42. The Kier molecular flexibility index (Phi) is 7.05. The topological polar surface area (TPSA) is 59.0 Å². The van der Waals surface area contributed by atoms with Gasteiger partial charge in [0.2, 0.25) is 0 Å². The van der Waals surface area contributed by atoms with Gasteiger partial charge in [0.15, 0.2) is 0 Å². The number of para-hydroxylation sites is 1. The van der Waals surface area contributed by atoms with E-state index in [1.165, 1.54) is 6.07 Å². The number of anilines is 1. The van der Waals surface area contributed by atoms with Gasteiger partial charge in [0.25, 0.3) is 5.91 Å². The summed E-state index contributed by atoms with van der Waals surface area (Å²) in [6, 6.07) is 14.3. The van der Waals surface area contributed by atoms with Gasteiger partial charge in [-0.05, 0) is 56.3 Å². The van der Waals surface area contributed by atoms with Crippen LogP contribution in [0.5, 0.6) is 0 Å². The summed E-state index contributed by atoms with van der Waals surface area (Å²) >= 11 is 3.23. The zero-order valence-corrected chi connectivity index (χ0v) is 18.0. The third-order valence-corrected chi connectivity index (χ3v) is 5.45. The molecule has 0 radical (unpaired) electrons. The predicted molar refractivity (Wildman–Crippen MR) is 118 cm³/mol. The van der Waals surface area contributed by atoms with Crippen LogP contribution in [0.2, 0.25) is 0 Å². The standard InChI is InChI=1S/C21H20BrFN4O.ClH/c22-15-6-7-19(18(23)12-15)26-21(28)17-13-25-27(16-4-2-1-3-5-16)20(17)14-8-10-24-11-9-14;/h1-7,12-14,24H,8-11H2,(H,26,28);1H. The zero-order valence-electron chi connectivity index (χ0n) is 15.6. The van der Waals surface area contributed by atoms with Gasteiger partial charge in [-0.15, -0.1) is 12.4 Å². The second-order valence-corrected chi connectivity index (χ2v) is 7.71. The first-order valence-electron chi connectivity index (χ1n) is 9.24. The van der Waals surface area contributed by atoms with E-state index in [2.05, 4.69) is 31.7 Å². The summed E-state index contributed by atoms with van der Waals surface area (Å²) in [4.78, 5) is 13.0. The molecule has 29 heavy (non-hydrogen) atoms. The van der Waals surface area contributed by atoms with Crippen LogP contribution in [0.4, 0.5) is 10.1 Å². The third-order valence-electron chi connectivity index (χ3n) is 4.96. The maximum Gasteiger partial charge on any atom is 0.259 e. The molecule has 4 rings (SSSR count). The molecule has 3 aromatic rings. The summed E-state index contributed by atoms with van der Waals surface area (Å²) in [5.74, 6) is -0.627. The molecule has 0 atom stereocenters. The van der Waals surface area contributed by atoms with E-state index >= 15 is 0 Å². The van der Waals surface area contributed by atoms with Crippen molar-refractivity contribution in [3.8, 4) is 5.69 Å². The van der Waals surface area contributed by atoms with Gasteiger partial charge in [-0.2, -0.15) is 5.10 Å². The SMILES string of the molecule is Cl.O=C(Nc1ccc(Br)cc1F)c1cnn(-c2ccccc2)c1C1CCNCC1. The Morgan fingerprint density at radius 2 is 1.90 bits per heavy atom. The first-order valence-corrected chi connectivity index (χ1v) is 10.0. The molecule has 2 aromatic carbocycles. The molecule has 0 bridgehead atoms. The van der Waals surface area contributed by atoms with Gasteiger partial charge in [0, 0.05) is 10.4 Å². The van der Waals surface area contributed by atoms with E-state index in [-0.39, 0.29) is 29.9 Å². The fourth-order valence-corrected chi connectivity index (χ4v) is 3.91. The molecule has 1 amide bonds. The first kappa shape index (κ1) is 21.5. The van der Waals surface area contributed by atoms with E-state index in [4.69, 9.17) is 0 Å². The van der Waals surface area contributed by atoms with Crippen LogP contribution < -0.4 is 10.6 Å². The summed E-state index contributed by atoms with van der Waals surface area (Å²) in [7, 11) is 0. The van der Waals surface area contributed by atoms with Crippen LogP contribution in [0, 0.1) is 5.82 Å². The Morgan fingerprint density at radius 1 is 1.17 bits per heavy atom. The Hall–Kier alpha value is -2.22. The van der Waals surface area contributed by atoms with Crippen LogP contribution in [-0.2, 0) is 0 Å². The lowest BCUT2D eigenvalue weighted by molar-refractivity contribution is 0.102. The highest BCUT2D eigenvalue weighted by atomic mass is 79.9. The van der Waals surface area contributed by atoms with Crippen LogP contribution in [0.1, 0.15) is 34.8 Å². The number of halogens is 3. The molecule has 1 saturated heterocycles. The number of nitrogens with zero attached hydrogens (tertiary/aromatic N) is 2. The molecule has 0 saturated carbocycles. The van der Waals surface area contributed by atoms with Gasteiger partial charge >= 0.3 is 0 Å². The normalized spacial score (nSPS) is 14.3. The lowest BCUT2D eigenvalue weighted by Crippen LogP contribution is -2.29. The Bertz CT molecular complexity index is 990. The summed E-state index contributed by atoms with van der Waals surface area (Å²) in [5, 5.41) is 10.5. The molecule has 5 nitrogen and oxygen atoms in total. The lowest BCUT2D eigenvalue weighted by Gasteiger charge is -2.24. The maximum absolute atomic E-state index is 14.2. The number of rotatable bonds is 4. The van der Waals surface area contributed by atoms with Crippen molar-refractivity contribution in [3.05, 3.63) is 76.3 Å². The number of aromatic nitrogens is 2. The minimum absolute atomic E-state index is 0. The van der Waals surface area contributed by atoms with Crippen molar-refractivity contribution in [2.75, 3.05) is 18.4 Å². The van der Waals surface area contributed by atoms with Gasteiger partial charge in [0.05, 0.1) is 28.8 Å². The van der Waals surface area contributed by atoms with Gasteiger partial charge < -0.3 is 10.6 Å². The fourth-order valence-electron chi connectivity index (χ4n) is 3.58. The second-order valence-electron chi connectivity index (χ2n) is 6.79. The van der Waals surface area contributed by atoms with Crippen molar-refractivity contribution in [2.45, 2.75) is 18.8 Å². The Balaban J connectivity index is 0.00000240. The largest absolute Gasteiger partial charge is 0.319 e. The van der Waals surface area contributed by atoms with E-state index < -0.39 is 5.82 Å². The molecule has 0 aliphatic carbocycles. The lowest BCUT2D eigenvalue weighted by atomic mass is 9.91. The van der Waals surface area contributed by atoms with Gasteiger partial charge in [-0.1, -0.05) is 34.1 Å². The first-order chi connectivity index (χ1) is 13.6. The number of benzene rings is 2. The molecule has 1 aliphatic rings. The summed E-state index contributed by atoms with van der Waals surface area (Å²) < 4.78 is 16.6. The third kappa shape index (κ3) is 4.69. The van der Waals surface area contributed by atoms with E-state index in [0.29, 0.717) is 10.0 Å². The number of carbonyl (C=O) groups is 1. The van der Waals surface area contributed by atoms with Crippen LogP contribution in [-0.4, -0.2) is 28.8 Å². The van der Waals surface area contributed by atoms with Crippen LogP contribution in [0.3, 0.4) is 0 Å². The average molecular weight is 480 g/mol. The Labute approximate surface area is 183 Å². The zero-order chi connectivity index (χ0) is 19.5. The van der Waals surface area contributed by atoms with Crippen molar-refractivity contribution < 1.29 is 9.18 Å². The van der Waals surface area contributed by atoms with E-state index in [0.717, 1.165) is 37.3 Å². The number of amides is 1. The molecular formula is C21H21BrClFN4O. The predicted octanol–water partition coefficient (Wildman–Crippen LogP) is 4.92. The summed E-state index contributed by atoms with van der Waals surface area (Å²) in [6.45, 7) is 1.79. The van der Waals surface area contributed by atoms with E-state index in [1.54, 1.807) is 18.3 Å². The highest BCUT2D eigenvalue weighted by Crippen LogP contribution is 2.31. The smallest absolute Gasteiger partial charge is 0.259 e. The fraction of sp³-hybridized carbons (Fsp3) is 0.238. The van der Waals surface area contributed by atoms with Crippen molar-refractivity contribution in [3.63, 3.8) is 0 Å².